The highest BCUT2D eigenvalue weighted by atomic mass is 16.5. The van der Waals surface area contributed by atoms with E-state index >= 15 is 0 Å². The van der Waals surface area contributed by atoms with Crippen molar-refractivity contribution in [2.45, 2.75) is 40.2 Å². The zero-order valence-electron chi connectivity index (χ0n) is 14.8. The van der Waals surface area contributed by atoms with Crippen LogP contribution in [0.3, 0.4) is 0 Å². The Hall–Kier alpha value is -2.89. The molecule has 6 nitrogen and oxygen atoms in total. The van der Waals surface area contributed by atoms with Gasteiger partial charge in [0.1, 0.15) is 0 Å². The molecular formula is C19H22N2O4. The molecule has 0 aliphatic heterocycles. The molecule has 132 valence electrons. The molecule has 1 amide bonds. The Balaban J connectivity index is 2.24. The number of benzene rings is 1. The van der Waals surface area contributed by atoms with Gasteiger partial charge in [-0.1, -0.05) is 13.0 Å². The topological polar surface area (TPSA) is 88.5 Å². The Labute approximate surface area is 146 Å². The zero-order chi connectivity index (χ0) is 18.6. The summed E-state index contributed by atoms with van der Waals surface area (Å²) in [6.07, 6.45) is 2.35. The molecule has 0 spiro atoms. The van der Waals surface area contributed by atoms with Gasteiger partial charge >= 0.3 is 5.97 Å². The van der Waals surface area contributed by atoms with Crippen LogP contribution in [0.1, 0.15) is 52.1 Å². The van der Waals surface area contributed by atoms with E-state index in [1.807, 2.05) is 20.8 Å². The van der Waals surface area contributed by atoms with Gasteiger partial charge in [0, 0.05) is 23.5 Å². The summed E-state index contributed by atoms with van der Waals surface area (Å²) < 4.78 is 5.63. The van der Waals surface area contributed by atoms with Crippen LogP contribution in [0.15, 0.2) is 30.5 Å². The first-order chi connectivity index (χ1) is 11.8. The van der Waals surface area contributed by atoms with Gasteiger partial charge < -0.3 is 15.2 Å². The average molecular weight is 342 g/mol. The number of rotatable bonds is 6. The van der Waals surface area contributed by atoms with E-state index in [2.05, 4.69) is 10.3 Å². The number of amides is 1. The van der Waals surface area contributed by atoms with Crippen molar-refractivity contribution in [2.75, 3.05) is 5.32 Å². The van der Waals surface area contributed by atoms with E-state index in [1.165, 1.54) is 12.3 Å². The second kappa shape index (κ2) is 7.79. The van der Waals surface area contributed by atoms with Crippen LogP contribution < -0.4 is 10.1 Å². The van der Waals surface area contributed by atoms with Crippen LogP contribution >= 0.6 is 0 Å². The molecule has 2 N–H and O–H groups in total. The van der Waals surface area contributed by atoms with Crippen LogP contribution in [-0.2, 0) is 0 Å². The number of carbonyl (C=O) groups excluding carboxylic acids is 1. The number of nitrogens with zero attached hydrogens (tertiary/aromatic N) is 1. The van der Waals surface area contributed by atoms with E-state index in [9.17, 15) is 14.7 Å². The summed E-state index contributed by atoms with van der Waals surface area (Å²) in [5.74, 6) is -0.991. The number of aromatic carboxylic acids is 1. The third-order valence-corrected chi connectivity index (χ3v) is 3.94. The predicted octanol–water partition coefficient (Wildman–Crippen LogP) is 3.83. The Morgan fingerprint density at radius 2 is 1.96 bits per heavy atom. The molecule has 0 aliphatic carbocycles. The fraction of sp³-hybridized carbons (Fsp3) is 0.316. The van der Waals surface area contributed by atoms with Crippen molar-refractivity contribution in [3.8, 4) is 5.88 Å². The monoisotopic (exact) mass is 342 g/mol. The van der Waals surface area contributed by atoms with Gasteiger partial charge in [0.05, 0.1) is 11.7 Å². The van der Waals surface area contributed by atoms with Gasteiger partial charge in [-0.25, -0.2) is 9.78 Å². The number of pyridine rings is 1. The highest BCUT2D eigenvalue weighted by molar-refractivity contribution is 6.05. The number of aryl methyl sites for hydroxylation is 2. The molecule has 1 aromatic heterocycles. The number of hydrogen-bond acceptors (Lipinski definition) is 4. The lowest BCUT2D eigenvalue weighted by atomic mass is 10.0. The van der Waals surface area contributed by atoms with E-state index < -0.39 is 5.97 Å². The average Bonchev–Trinajstić information content (AvgIpc) is 2.57. The number of anilines is 1. The molecule has 2 aromatic rings. The van der Waals surface area contributed by atoms with Crippen LogP contribution in [-0.4, -0.2) is 28.1 Å². The maximum absolute atomic E-state index is 12.5. The smallest absolute Gasteiger partial charge is 0.336 e. The number of hydrogen-bond donors (Lipinski definition) is 2. The number of nitrogens with one attached hydrogen (secondary N) is 1. The molecule has 25 heavy (non-hydrogen) atoms. The van der Waals surface area contributed by atoms with Crippen molar-refractivity contribution in [1.82, 2.24) is 4.98 Å². The second-order valence-corrected chi connectivity index (χ2v) is 5.96. The van der Waals surface area contributed by atoms with E-state index in [0.717, 1.165) is 12.0 Å². The molecule has 2 rings (SSSR count). The van der Waals surface area contributed by atoms with Gasteiger partial charge in [0.2, 0.25) is 5.88 Å². The van der Waals surface area contributed by atoms with E-state index in [0.29, 0.717) is 22.7 Å². The molecule has 1 atom stereocenters. The summed E-state index contributed by atoms with van der Waals surface area (Å²) in [5.41, 5.74) is 2.47. The summed E-state index contributed by atoms with van der Waals surface area (Å²) in [6.45, 7) is 7.47. The number of aromatic nitrogens is 1. The fourth-order valence-corrected chi connectivity index (χ4v) is 2.32. The number of carboxylic acids is 1. The maximum Gasteiger partial charge on any atom is 0.336 e. The molecule has 0 fully saturated rings. The summed E-state index contributed by atoms with van der Waals surface area (Å²) in [5, 5.41) is 12.0. The lowest BCUT2D eigenvalue weighted by Gasteiger charge is -2.13. The standard InChI is InChI=1S/C19H22N2O4/c1-5-13(4)25-17-9-14(6-7-20-17)18(22)21-16-10-15(19(23)24)11(2)8-12(16)3/h6-10,13H,5H2,1-4H3,(H,21,22)(H,23,24). The van der Waals surface area contributed by atoms with E-state index in [1.54, 1.807) is 25.1 Å². The first-order valence-corrected chi connectivity index (χ1v) is 8.10. The quantitative estimate of drug-likeness (QED) is 0.833. The van der Waals surface area contributed by atoms with Crippen LogP contribution in [0.4, 0.5) is 5.69 Å². The van der Waals surface area contributed by atoms with Crippen LogP contribution in [0.2, 0.25) is 0 Å². The van der Waals surface area contributed by atoms with Gasteiger partial charge in [-0.2, -0.15) is 0 Å². The third-order valence-electron chi connectivity index (χ3n) is 3.94. The Morgan fingerprint density at radius 3 is 2.60 bits per heavy atom. The SMILES string of the molecule is CCC(C)Oc1cc(C(=O)Nc2cc(C(=O)O)c(C)cc2C)ccn1. The van der Waals surface area contributed by atoms with Crippen molar-refractivity contribution in [2.24, 2.45) is 0 Å². The van der Waals surface area contributed by atoms with Gasteiger partial charge in [0.25, 0.3) is 5.91 Å². The minimum Gasteiger partial charge on any atom is -0.478 e. The highest BCUT2D eigenvalue weighted by Crippen LogP contribution is 2.22. The minimum absolute atomic E-state index is 0.00304. The Kier molecular flexibility index (Phi) is 5.75. The summed E-state index contributed by atoms with van der Waals surface area (Å²) in [7, 11) is 0. The van der Waals surface area contributed by atoms with Crippen molar-refractivity contribution in [3.05, 3.63) is 52.7 Å². The first kappa shape index (κ1) is 18.4. The van der Waals surface area contributed by atoms with E-state index in [4.69, 9.17) is 4.74 Å². The van der Waals surface area contributed by atoms with E-state index in [-0.39, 0.29) is 17.6 Å². The molecule has 1 aromatic carbocycles. The molecule has 1 unspecified atom stereocenters. The first-order valence-electron chi connectivity index (χ1n) is 8.10. The largest absolute Gasteiger partial charge is 0.478 e. The summed E-state index contributed by atoms with van der Waals surface area (Å²) in [6, 6.07) is 6.37. The Morgan fingerprint density at radius 1 is 1.24 bits per heavy atom. The fourth-order valence-electron chi connectivity index (χ4n) is 2.32. The molecule has 0 aliphatic rings. The normalized spacial score (nSPS) is 11.7. The van der Waals surface area contributed by atoms with Crippen molar-refractivity contribution in [3.63, 3.8) is 0 Å². The zero-order valence-corrected chi connectivity index (χ0v) is 14.8. The van der Waals surface area contributed by atoms with Gasteiger partial charge in [-0.3, -0.25) is 4.79 Å². The lowest BCUT2D eigenvalue weighted by Crippen LogP contribution is -2.15. The predicted molar refractivity (Wildman–Crippen MR) is 95.4 cm³/mol. The molecule has 0 saturated carbocycles. The van der Waals surface area contributed by atoms with Gasteiger partial charge in [-0.05, 0) is 50.5 Å². The number of carboxylic acid groups (broad SMARTS) is 1. The van der Waals surface area contributed by atoms with Crippen molar-refractivity contribution >= 4 is 17.6 Å². The number of carbonyl (C=O) groups is 2. The third kappa shape index (κ3) is 4.56. The van der Waals surface area contributed by atoms with Crippen LogP contribution in [0, 0.1) is 13.8 Å². The molecular weight excluding hydrogens is 320 g/mol. The molecule has 6 heteroatoms. The molecule has 0 radical (unpaired) electrons. The van der Waals surface area contributed by atoms with Crippen molar-refractivity contribution in [1.29, 1.82) is 0 Å². The van der Waals surface area contributed by atoms with Crippen LogP contribution in [0.5, 0.6) is 5.88 Å². The molecule has 0 saturated heterocycles. The van der Waals surface area contributed by atoms with Gasteiger partial charge in [-0.15, -0.1) is 0 Å². The summed E-state index contributed by atoms with van der Waals surface area (Å²) in [4.78, 5) is 27.9. The Bertz CT molecular complexity index is 802. The van der Waals surface area contributed by atoms with Crippen molar-refractivity contribution < 1.29 is 19.4 Å². The second-order valence-electron chi connectivity index (χ2n) is 5.96. The maximum atomic E-state index is 12.5. The number of ether oxygens (including phenoxy) is 1. The lowest BCUT2D eigenvalue weighted by molar-refractivity contribution is 0.0695. The van der Waals surface area contributed by atoms with Crippen LogP contribution in [0.25, 0.3) is 0 Å². The minimum atomic E-state index is -1.03. The van der Waals surface area contributed by atoms with Gasteiger partial charge in [0.15, 0.2) is 0 Å². The molecule has 1 heterocycles. The molecule has 0 bridgehead atoms. The highest BCUT2D eigenvalue weighted by Gasteiger charge is 2.14. The summed E-state index contributed by atoms with van der Waals surface area (Å²) >= 11 is 0.